The minimum absolute atomic E-state index is 0.520. The summed E-state index contributed by atoms with van der Waals surface area (Å²) in [5.74, 6) is 0. The van der Waals surface area contributed by atoms with Crippen molar-refractivity contribution in [2.45, 2.75) is 78.2 Å². The van der Waals surface area contributed by atoms with Gasteiger partial charge in [-0.3, -0.25) is 0 Å². The van der Waals surface area contributed by atoms with Crippen molar-refractivity contribution in [2.24, 2.45) is 5.41 Å². The highest BCUT2D eigenvalue weighted by atomic mass is 16.5. The van der Waals surface area contributed by atoms with E-state index in [0.717, 1.165) is 0 Å². The number of likely N-dealkylation sites (tertiary alicyclic amines) is 1. The second-order valence-corrected chi connectivity index (χ2v) is 7.36. The van der Waals surface area contributed by atoms with E-state index in [1.165, 1.54) is 71.0 Å². The lowest BCUT2D eigenvalue weighted by molar-refractivity contribution is 0.0407. The zero-order valence-corrected chi connectivity index (χ0v) is 13.7. The first-order chi connectivity index (χ1) is 9.01. The molecule has 0 bridgehead atoms. The Morgan fingerprint density at radius 1 is 0.947 bits per heavy atom. The van der Waals surface area contributed by atoms with Crippen LogP contribution in [0.25, 0.3) is 0 Å². The Labute approximate surface area is 120 Å². The van der Waals surface area contributed by atoms with Crippen LogP contribution in [0.4, 0.5) is 0 Å². The third-order valence-electron chi connectivity index (χ3n) is 4.27. The molecule has 0 aromatic heterocycles. The largest absolute Gasteiger partial charge is 0.381 e. The highest BCUT2D eigenvalue weighted by Crippen LogP contribution is 2.22. The first-order valence-corrected chi connectivity index (χ1v) is 8.26. The summed E-state index contributed by atoms with van der Waals surface area (Å²) in [5.41, 5.74) is 0.520. The van der Waals surface area contributed by atoms with Gasteiger partial charge in [-0.1, -0.05) is 46.5 Å². The predicted octanol–water partition coefficient (Wildman–Crippen LogP) is 4.48. The second-order valence-electron chi connectivity index (χ2n) is 7.36. The number of piperidine rings is 1. The molecule has 2 nitrogen and oxygen atoms in total. The molecule has 2 heteroatoms. The van der Waals surface area contributed by atoms with Crippen molar-refractivity contribution >= 4 is 0 Å². The Morgan fingerprint density at radius 3 is 2.11 bits per heavy atom. The Morgan fingerprint density at radius 2 is 1.53 bits per heavy atom. The molecule has 1 aliphatic heterocycles. The zero-order valence-electron chi connectivity index (χ0n) is 13.7. The summed E-state index contributed by atoms with van der Waals surface area (Å²) in [6.45, 7) is 10.8. The number of ether oxygens (including phenoxy) is 1. The first kappa shape index (κ1) is 17.0. The molecule has 1 saturated heterocycles. The van der Waals surface area contributed by atoms with Crippen LogP contribution in [0.5, 0.6) is 0 Å². The number of hydrogen-bond donors (Lipinski definition) is 0. The van der Waals surface area contributed by atoms with E-state index in [9.17, 15) is 0 Å². The normalized spacial score (nSPS) is 18.9. The number of methoxy groups -OCH3 is 1. The summed E-state index contributed by atoms with van der Waals surface area (Å²) in [5, 5.41) is 0. The van der Waals surface area contributed by atoms with Crippen LogP contribution in [0.2, 0.25) is 0 Å². The lowest BCUT2D eigenvalue weighted by Crippen LogP contribution is -2.37. The summed E-state index contributed by atoms with van der Waals surface area (Å²) >= 11 is 0. The van der Waals surface area contributed by atoms with Gasteiger partial charge in [0.2, 0.25) is 0 Å². The average Bonchev–Trinajstić information content (AvgIpc) is 2.37. The van der Waals surface area contributed by atoms with Gasteiger partial charge in [-0.05, 0) is 37.6 Å². The van der Waals surface area contributed by atoms with E-state index in [4.69, 9.17) is 4.74 Å². The van der Waals surface area contributed by atoms with Crippen LogP contribution in [-0.2, 0) is 4.74 Å². The minimum Gasteiger partial charge on any atom is -0.381 e. The fraction of sp³-hybridized carbons (Fsp3) is 1.00. The Bertz CT molecular complexity index is 214. The van der Waals surface area contributed by atoms with Crippen molar-refractivity contribution in [3.05, 3.63) is 0 Å². The van der Waals surface area contributed by atoms with Crippen molar-refractivity contribution < 1.29 is 4.74 Å². The molecule has 0 aromatic rings. The highest BCUT2D eigenvalue weighted by molar-refractivity contribution is 4.72. The van der Waals surface area contributed by atoms with Crippen LogP contribution in [0, 0.1) is 5.41 Å². The lowest BCUT2D eigenvalue weighted by Gasteiger charge is -2.31. The lowest BCUT2D eigenvalue weighted by atomic mass is 9.89. The third-order valence-corrected chi connectivity index (χ3v) is 4.27. The summed E-state index contributed by atoms with van der Waals surface area (Å²) < 4.78 is 5.41. The molecule has 0 radical (unpaired) electrons. The van der Waals surface area contributed by atoms with Gasteiger partial charge >= 0.3 is 0 Å². The molecule has 0 amide bonds. The first-order valence-electron chi connectivity index (χ1n) is 8.26. The summed E-state index contributed by atoms with van der Waals surface area (Å²) in [4.78, 5) is 2.62. The van der Waals surface area contributed by atoms with Crippen LogP contribution < -0.4 is 0 Å². The minimum atomic E-state index is 0.520. The smallest absolute Gasteiger partial charge is 0.0595 e. The molecule has 1 aliphatic rings. The van der Waals surface area contributed by atoms with E-state index in [-0.39, 0.29) is 0 Å². The monoisotopic (exact) mass is 269 g/mol. The van der Waals surface area contributed by atoms with E-state index in [1.807, 2.05) is 7.11 Å². The van der Waals surface area contributed by atoms with Crippen LogP contribution in [0.3, 0.4) is 0 Å². The van der Waals surface area contributed by atoms with E-state index in [0.29, 0.717) is 11.5 Å². The highest BCUT2D eigenvalue weighted by Gasteiger charge is 2.17. The molecule has 0 N–H and O–H groups in total. The summed E-state index contributed by atoms with van der Waals surface area (Å²) in [7, 11) is 1.85. The number of unbranched alkanes of at least 4 members (excludes halogenated alkanes) is 4. The molecule has 1 heterocycles. The van der Waals surface area contributed by atoms with Gasteiger partial charge in [-0.25, -0.2) is 0 Å². The quantitative estimate of drug-likeness (QED) is 0.602. The number of nitrogens with zero attached hydrogens (tertiary/aromatic N) is 1. The van der Waals surface area contributed by atoms with Gasteiger partial charge in [0.05, 0.1) is 6.10 Å². The van der Waals surface area contributed by atoms with Gasteiger partial charge in [0.15, 0.2) is 0 Å². The molecule has 19 heavy (non-hydrogen) atoms. The number of rotatable bonds is 8. The maximum atomic E-state index is 5.41. The van der Waals surface area contributed by atoms with Crippen LogP contribution in [-0.4, -0.2) is 37.7 Å². The molecule has 0 saturated carbocycles. The van der Waals surface area contributed by atoms with Crippen molar-refractivity contribution in [1.29, 1.82) is 0 Å². The topological polar surface area (TPSA) is 12.5 Å². The van der Waals surface area contributed by atoms with Gasteiger partial charge in [0, 0.05) is 20.2 Å². The van der Waals surface area contributed by atoms with Crippen LogP contribution >= 0.6 is 0 Å². The Hall–Kier alpha value is -0.0800. The Balaban J connectivity index is 1.89. The van der Waals surface area contributed by atoms with Crippen molar-refractivity contribution in [1.82, 2.24) is 4.90 Å². The molecular formula is C17H35NO. The van der Waals surface area contributed by atoms with Gasteiger partial charge in [-0.15, -0.1) is 0 Å². The van der Waals surface area contributed by atoms with Crippen molar-refractivity contribution in [3.63, 3.8) is 0 Å². The van der Waals surface area contributed by atoms with Gasteiger partial charge < -0.3 is 9.64 Å². The van der Waals surface area contributed by atoms with Gasteiger partial charge in [0.1, 0.15) is 0 Å². The Kier molecular flexibility index (Phi) is 8.01. The molecule has 1 rings (SSSR count). The van der Waals surface area contributed by atoms with Crippen molar-refractivity contribution in [2.75, 3.05) is 26.7 Å². The van der Waals surface area contributed by atoms with Crippen molar-refractivity contribution in [3.8, 4) is 0 Å². The molecule has 0 aromatic carbocycles. The maximum Gasteiger partial charge on any atom is 0.0595 e. The van der Waals surface area contributed by atoms with Crippen LogP contribution in [0.1, 0.15) is 72.1 Å². The number of hydrogen-bond acceptors (Lipinski definition) is 2. The predicted molar refractivity (Wildman–Crippen MR) is 83.6 cm³/mol. The molecular weight excluding hydrogens is 234 g/mol. The van der Waals surface area contributed by atoms with Gasteiger partial charge in [0.25, 0.3) is 0 Å². The fourth-order valence-electron chi connectivity index (χ4n) is 2.89. The maximum absolute atomic E-state index is 5.41. The van der Waals surface area contributed by atoms with E-state index >= 15 is 0 Å². The summed E-state index contributed by atoms with van der Waals surface area (Å²) in [6.07, 6.45) is 11.4. The molecule has 0 aliphatic carbocycles. The average molecular weight is 269 g/mol. The molecule has 0 unspecified atom stereocenters. The second kappa shape index (κ2) is 8.97. The molecule has 114 valence electrons. The molecule has 0 spiro atoms. The standard InChI is InChI=1S/C17H35NO/c1-17(2,3)12-8-6-5-7-9-13-18-14-10-16(19-4)11-15-18/h16H,5-15H2,1-4H3. The zero-order chi connectivity index (χ0) is 14.1. The summed E-state index contributed by atoms with van der Waals surface area (Å²) in [6, 6.07) is 0. The molecule has 1 fully saturated rings. The van der Waals surface area contributed by atoms with E-state index in [2.05, 4.69) is 25.7 Å². The fourth-order valence-corrected chi connectivity index (χ4v) is 2.89. The van der Waals surface area contributed by atoms with E-state index in [1.54, 1.807) is 0 Å². The van der Waals surface area contributed by atoms with Gasteiger partial charge in [-0.2, -0.15) is 0 Å². The van der Waals surface area contributed by atoms with E-state index < -0.39 is 0 Å². The SMILES string of the molecule is COC1CCN(CCCCCCCC(C)(C)C)CC1. The van der Waals surface area contributed by atoms with Crippen LogP contribution in [0.15, 0.2) is 0 Å². The third kappa shape index (κ3) is 8.65. The molecule has 0 atom stereocenters.